The number of hydrogen-bond donors (Lipinski definition) is 2. The van der Waals surface area contributed by atoms with Crippen molar-refractivity contribution >= 4 is 0 Å². The Labute approximate surface area is 99.2 Å². The Hall–Kier alpha value is -0.120. The predicted octanol–water partition coefficient (Wildman–Crippen LogP) is 1.22. The van der Waals surface area contributed by atoms with E-state index in [4.69, 9.17) is 5.11 Å². The topological polar surface area (TPSA) is 35.5 Å². The second kappa shape index (κ2) is 5.99. The zero-order valence-electron chi connectivity index (χ0n) is 10.5. The minimum Gasteiger partial charge on any atom is -0.396 e. The van der Waals surface area contributed by atoms with Crippen LogP contribution in [0.1, 0.15) is 38.5 Å². The summed E-state index contributed by atoms with van der Waals surface area (Å²) in [5, 5.41) is 12.9. The molecule has 0 spiro atoms. The van der Waals surface area contributed by atoms with E-state index >= 15 is 0 Å². The summed E-state index contributed by atoms with van der Waals surface area (Å²) in [5.41, 5.74) is 0. The molecule has 94 valence electrons. The third-order valence-electron chi connectivity index (χ3n) is 4.29. The lowest BCUT2D eigenvalue weighted by Crippen LogP contribution is -2.46. The lowest BCUT2D eigenvalue weighted by molar-refractivity contribution is 0.161. The maximum Gasteiger partial charge on any atom is 0.0459 e. The van der Waals surface area contributed by atoms with Crippen molar-refractivity contribution in [3.8, 4) is 0 Å². The molecule has 16 heavy (non-hydrogen) atoms. The number of rotatable bonds is 3. The molecular weight excluding hydrogens is 200 g/mol. The fourth-order valence-electron chi connectivity index (χ4n) is 3.02. The van der Waals surface area contributed by atoms with Gasteiger partial charge in [-0.15, -0.1) is 0 Å². The average molecular weight is 226 g/mol. The van der Waals surface area contributed by atoms with Crippen molar-refractivity contribution < 1.29 is 5.11 Å². The van der Waals surface area contributed by atoms with Crippen LogP contribution < -0.4 is 5.32 Å². The van der Waals surface area contributed by atoms with Gasteiger partial charge in [-0.1, -0.05) is 0 Å². The zero-order chi connectivity index (χ0) is 11.4. The molecule has 1 saturated carbocycles. The molecule has 0 aromatic rings. The molecule has 0 aromatic carbocycles. The van der Waals surface area contributed by atoms with Crippen LogP contribution in [0.25, 0.3) is 0 Å². The Morgan fingerprint density at radius 1 is 1.00 bits per heavy atom. The molecule has 0 bridgehead atoms. The van der Waals surface area contributed by atoms with Crippen molar-refractivity contribution in [3.05, 3.63) is 0 Å². The van der Waals surface area contributed by atoms with Crippen LogP contribution in [-0.2, 0) is 0 Å². The van der Waals surface area contributed by atoms with Gasteiger partial charge in [0.2, 0.25) is 0 Å². The summed E-state index contributed by atoms with van der Waals surface area (Å²) in [6.45, 7) is 2.87. The Morgan fingerprint density at radius 3 is 2.12 bits per heavy atom. The third kappa shape index (κ3) is 3.44. The van der Waals surface area contributed by atoms with E-state index in [-0.39, 0.29) is 0 Å². The van der Waals surface area contributed by atoms with Crippen LogP contribution in [0.15, 0.2) is 0 Å². The van der Waals surface area contributed by atoms with E-state index < -0.39 is 0 Å². The molecule has 2 fully saturated rings. The molecule has 1 aliphatic heterocycles. The average Bonchev–Trinajstić information content (AvgIpc) is 2.33. The monoisotopic (exact) mass is 226 g/mol. The second-order valence-electron chi connectivity index (χ2n) is 5.64. The predicted molar refractivity (Wildman–Crippen MR) is 66.5 cm³/mol. The summed E-state index contributed by atoms with van der Waals surface area (Å²) in [5.74, 6) is 0.579. The molecule has 2 aliphatic rings. The highest BCUT2D eigenvalue weighted by Gasteiger charge is 2.24. The van der Waals surface area contributed by atoms with Gasteiger partial charge in [0, 0.05) is 18.7 Å². The molecule has 0 atom stereocenters. The van der Waals surface area contributed by atoms with E-state index in [9.17, 15) is 0 Å². The highest BCUT2D eigenvalue weighted by atomic mass is 16.3. The van der Waals surface area contributed by atoms with Crippen LogP contribution in [0.2, 0.25) is 0 Å². The normalized spacial score (nSPS) is 34.1. The van der Waals surface area contributed by atoms with Gasteiger partial charge in [-0.3, -0.25) is 0 Å². The summed E-state index contributed by atoms with van der Waals surface area (Å²) in [6, 6.07) is 1.46. The van der Waals surface area contributed by atoms with Crippen LogP contribution in [0.4, 0.5) is 0 Å². The van der Waals surface area contributed by atoms with Gasteiger partial charge in [-0.25, -0.2) is 0 Å². The van der Waals surface area contributed by atoms with Crippen LogP contribution >= 0.6 is 0 Å². The molecular formula is C13H26N2O. The Bertz CT molecular complexity index is 194. The van der Waals surface area contributed by atoms with E-state index in [1.165, 1.54) is 51.6 Å². The van der Waals surface area contributed by atoms with Crippen molar-refractivity contribution in [3.63, 3.8) is 0 Å². The van der Waals surface area contributed by atoms with Gasteiger partial charge in [0.15, 0.2) is 0 Å². The maximum atomic E-state index is 9.10. The van der Waals surface area contributed by atoms with Crippen LogP contribution in [-0.4, -0.2) is 48.8 Å². The minimum atomic E-state index is 0.390. The minimum absolute atomic E-state index is 0.390. The molecule has 0 radical (unpaired) electrons. The van der Waals surface area contributed by atoms with Crippen molar-refractivity contribution in [2.24, 2.45) is 5.92 Å². The highest BCUT2D eigenvalue weighted by Crippen LogP contribution is 2.24. The number of nitrogens with one attached hydrogen (secondary N) is 1. The van der Waals surface area contributed by atoms with Crippen molar-refractivity contribution in [1.82, 2.24) is 10.2 Å². The lowest BCUT2D eigenvalue weighted by atomic mass is 9.86. The summed E-state index contributed by atoms with van der Waals surface area (Å²) in [7, 11) is 2.21. The van der Waals surface area contributed by atoms with E-state index in [0.717, 1.165) is 12.1 Å². The molecule has 0 amide bonds. The fourth-order valence-corrected chi connectivity index (χ4v) is 3.02. The summed E-state index contributed by atoms with van der Waals surface area (Å²) in [4.78, 5) is 2.42. The molecule has 3 heteroatoms. The number of aliphatic hydroxyl groups is 1. The zero-order valence-corrected chi connectivity index (χ0v) is 10.5. The first-order chi connectivity index (χ1) is 7.78. The van der Waals surface area contributed by atoms with Gasteiger partial charge in [0.1, 0.15) is 0 Å². The van der Waals surface area contributed by atoms with Crippen molar-refractivity contribution in [1.29, 1.82) is 0 Å². The largest absolute Gasteiger partial charge is 0.396 e. The third-order valence-corrected chi connectivity index (χ3v) is 4.29. The van der Waals surface area contributed by atoms with Crippen LogP contribution in [0.3, 0.4) is 0 Å². The Morgan fingerprint density at radius 2 is 1.56 bits per heavy atom. The van der Waals surface area contributed by atoms with E-state index in [2.05, 4.69) is 17.3 Å². The molecule has 2 rings (SSSR count). The van der Waals surface area contributed by atoms with Gasteiger partial charge >= 0.3 is 0 Å². The van der Waals surface area contributed by atoms with Crippen LogP contribution in [0, 0.1) is 5.92 Å². The number of likely N-dealkylation sites (tertiary alicyclic amines) is 1. The highest BCUT2D eigenvalue weighted by molar-refractivity contribution is 4.83. The second-order valence-corrected chi connectivity index (χ2v) is 5.64. The van der Waals surface area contributed by atoms with Gasteiger partial charge in [0.05, 0.1) is 0 Å². The number of piperidine rings is 1. The molecule has 1 aliphatic carbocycles. The number of aliphatic hydroxyl groups excluding tert-OH is 1. The molecule has 0 unspecified atom stereocenters. The molecule has 1 saturated heterocycles. The van der Waals surface area contributed by atoms with Crippen molar-refractivity contribution in [2.75, 3.05) is 26.7 Å². The fraction of sp³-hybridized carbons (Fsp3) is 1.00. The molecule has 2 N–H and O–H groups in total. The van der Waals surface area contributed by atoms with Crippen molar-refractivity contribution in [2.45, 2.75) is 50.6 Å². The molecule has 3 nitrogen and oxygen atoms in total. The van der Waals surface area contributed by atoms with E-state index in [1.807, 2.05) is 0 Å². The quantitative estimate of drug-likeness (QED) is 0.759. The number of hydrogen-bond acceptors (Lipinski definition) is 3. The Balaban J connectivity index is 1.66. The first kappa shape index (κ1) is 12.3. The molecule has 1 heterocycles. The van der Waals surface area contributed by atoms with Gasteiger partial charge in [-0.05, 0) is 64.6 Å². The molecule has 0 aromatic heterocycles. The van der Waals surface area contributed by atoms with E-state index in [0.29, 0.717) is 12.5 Å². The van der Waals surface area contributed by atoms with Gasteiger partial charge < -0.3 is 15.3 Å². The Kier molecular flexibility index (Phi) is 4.62. The van der Waals surface area contributed by atoms with Gasteiger partial charge in [-0.2, -0.15) is 0 Å². The van der Waals surface area contributed by atoms with Gasteiger partial charge in [0.25, 0.3) is 0 Å². The summed E-state index contributed by atoms with van der Waals surface area (Å²) in [6.07, 6.45) is 7.55. The SMILES string of the molecule is CN1CCC(NC2CCC(CO)CC2)CC1. The lowest BCUT2D eigenvalue weighted by Gasteiger charge is -2.35. The maximum absolute atomic E-state index is 9.10. The standard InChI is InChI=1S/C13H26N2O/c1-15-8-6-13(7-9-15)14-12-4-2-11(10-16)3-5-12/h11-14,16H,2-10H2,1H3. The number of nitrogens with zero attached hydrogens (tertiary/aromatic N) is 1. The van der Waals surface area contributed by atoms with E-state index in [1.54, 1.807) is 0 Å². The summed E-state index contributed by atoms with van der Waals surface area (Å²) < 4.78 is 0. The van der Waals surface area contributed by atoms with Crippen LogP contribution in [0.5, 0.6) is 0 Å². The smallest absolute Gasteiger partial charge is 0.0459 e. The summed E-state index contributed by atoms with van der Waals surface area (Å²) >= 11 is 0. The first-order valence-corrected chi connectivity index (χ1v) is 6.83. The first-order valence-electron chi connectivity index (χ1n) is 6.83.